The van der Waals surface area contributed by atoms with Crippen LogP contribution in [0.5, 0.6) is 0 Å². The van der Waals surface area contributed by atoms with E-state index in [0.717, 1.165) is 13.1 Å². The van der Waals surface area contributed by atoms with Gasteiger partial charge in [0.25, 0.3) is 11.6 Å². The molecule has 0 unspecified atom stereocenters. The number of nitro groups is 1. The third-order valence-corrected chi connectivity index (χ3v) is 5.01. The zero-order chi connectivity index (χ0) is 28.0. The quantitative estimate of drug-likeness (QED) is 0.240. The molecule has 2 aromatic carbocycles. The SMILES string of the molecule is CCN(CC)CCN(CC(=O)Nc1ccc([N+](=O)[O-])cc1)C(=O)c1ccc(C#N)cc1.O=C(O)C(=O)O. The van der Waals surface area contributed by atoms with Crippen LogP contribution < -0.4 is 5.32 Å². The Hall–Kier alpha value is -4.83. The lowest BCUT2D eigenvalue weighted by molar-refractivity contribution is -0.384. The molecule has 0 aliphatic carbocycles. The second-order valence-corrected chi connectivity index (χ2v) is 7.41. The van der Waals surface area contributed by atoms with Gasteiger partial charge in [-0.1, -0.05) is 13.8 Å². The van der Waals surface area contributed by atoms with Crippen molar-refractivity contribution in [3.05, 3.63) is 69.8 Å². The fourth-order valence-corrected chi connectivity index (χ4v) is 2.96. The van der Waals surface area contributed by atoms with Crippen LogP contribution in [-0.4, -0.2) is 81.4 Å². The van der Waals surface area contributed by atoms with Crippen molar-refractivity contribution in [2.75, 3.05) is 38.0 Å². The Morgan fingerprint density at radius 3 is 1.92 bits per heavy atom. The smallest absolute Gasteiger partial charge is 0.414 e. The number of nitriles is 1. The minimum absolute atomic E-state index is 0.0742. The second kappa shape index (κ2) is 15.2. The fourth-order valence-electron chi connectivity index (χ4n) is 2.96. The van der Waals surface area contributed by atoms with Crippen LogP contribution in [0.1, 0.15) is 29.8 Å². The highest BCUT2D eigenvalue weighted by Gasteiger charge is 2.20. The van der Waals surface area contributed by atoms with Crippen LogP contribution in [0.4, 0.5) is 11.4 Å². The fraction of sp³-hybridized carbons (Fsp3) is 0.292. The number of carbonyl (C=O) groups is 4. The summed E-state index contributed by atoms with van der Waals surface area (Å²) in [6, 6.07) is 13.8. The van der Waals surface area contributed by atoms with Gasteiger partial charge in [-0.25, -0.2) is 9.59 Å². The number of likely N-dealkylation sites (N-methyl/N-ethyl adjacent to an activating group) is 1. The molecule has 0 aromatic heterocycles. The van der Waals surface area contributed by atoms with Crippen molar-refractivity contribution < 1.29 is 34.3 Å². The number of hydrogen-bond acceptors (Lipinski definition) is 8. The molecule has 37 heavy (non-hydrogen) atoms. The molecule has 0 bridgehead atoms. The van der Waals surface area contributed by atoms with Gasteiger partial charge in [0.2, 0.25) is 5.91 Å². The zero-order valence-corrected chi connectivity index (χ0v) is 20.3. The molecular weight excluding hydrogens is 486 g/mol. The number of carboxylic acid groups (broad SMARTS) is 2. The number of anilines is 1. The highest BCUT2D eigenvalue weighted by atomic mass is 16.6. The molecule has 196 valence electrons. The van der Waals surface area contributed by atoms with E-state index in [9.17, 15) is 19.7 Å². The molecule has 2 rings (SSSR count). The number of nitrogens with one attached hydrogen (secondary N) is 1. The largest absolute Gasteiger partial charge is 0.473 e. The summed E-state index contributed by atoms with van der Waals surface area (Å²) in [5.41, 5.74) is 1.17. The van der Waals surface area contributed by atoms with Crippen LogP contribution in [0.3, 0.4) is 0 Å². The van der Waals surface area contributed by atoms with E-state index in [4.69, 9.17) is 25.1 Å². The van der Waals surface area contributed by atoms with Crippen molar-refractivity contribution >= 4 is 35.1 Å². The Morgan fingerprint density at radius 2 is 1.49 bits per heavy atom. The molecule has 13 heteroatoms. The molecule has 0 spiro atoms. The number of benzene rings is 2. The minimum Gasteiger partial charge on any atom is -0.473 e. The van der Waals surface area contributed by atoms with Crippen LogP contribution in [-0.2, 0) is 14.4 Å². The molecule has 0 radical (unpaired) electrons. The third kappa shape index (κ3) is 10.5. The first kappa shape index (κ1) is 30.2. The molecule has 0 heterocycles. The van der Waals surface area contributed by atoms with Gasteiger partial charge in [-0.2, -0.15) is 5.26 Å². The molecule has 13 nitrogen and oxygen atoms in total. The van der Waals surface area contributed by atoms with E-state index in [2.05, 4.69) is 10.2 Å². The van der Waals surface area contributed by atoms with Gasteiger partial charge in [0.15, 0.2) is 0 Å². The monoisotopic (exact) mass is 513 g/mol. The first-order valence-electron chi connectivity index (χ1n) is 11.0. The van der Waals surface area contributed by atoms with E-state index in [1.807, 2.05) is 19.9 Å². The lowest BCUT2D eigenvalue weighted by Crippen LogP contribution is -2.42. The van der Waals surface area contributed by atoms with E-state index in [1.54, 1.807) is 24.3 Å². The minimum atomic E-state index is -1.82. The molecule has 0 aliphatic rings. The number of carbonyl (C=O) groups excluding carboxylic acids is 2. The van der Waals surface area contributed by atoms with Crippen molar-refractivity contribution in [2.24, 2.45) is 0 Å². The number of rotatable bonds is 10. The van der Waals surface area contributed by atoms with Crippen LogP contribution in [0, 0.1) is 21.4 Å². The number of nitrogens with zero attached hydrogens (tertiary/aromatic N) is 4. The number of carboxylic acids is 2. The molecule has 0 fully saturated rings. The van der Waals surface area contributed by atoms with E-state index < -0.39 is 22.8 Å². The van der Waals surface area contributed by atoms with Crippen molar-refractivity contribution in [2.45, 2.75) is 13.8 Å². The maximum atomic E-state index is 13.0. The van der Waals surface area contributed by atoms with Crippen LogP contribution in [0.2, 0.25) is 0 Å². The summed E-state index contributed by atoms with van der Waals surface area (Å²) in [4.78, 5) is 57.6. The molecule has 2 aromatic rings. The third-order valence-electron chi connectivity index (χ3n) is 5.01. The highest BCUT2D eigenvalue weighted by molar-refractivity contribution is 6.27. The van der Waals surface area contributed by atoms with Gasteiger partial charge in [-0.05, 0) is 49.5 Å². The molecular formula is C24H27N5O8. The number of nitro benzene ring substituents is 1. The van der Waals surface area contributed by atoms with E-state index in [-0.39, 0.29) is 18.1 Å². The lowest BCUT2D eigenvalue weighted by atomic mass is 10.1. The summed E-state index contributed by atoms with van der Waals surface area (Å²) in [6.45, 7) is 6.50. The zero-order valence-electron chi connectivity index (χ0n) is 20.3. The predicted octanol–water partition coefficient (Wildman–Crippen LogP) is 2.04. The summed E-state index contributed by atoms with van der Waals surface area (Å²) in [7, 11) is 0. The Morgan fingerprint density at radius 1 is 0.946 bits per heavy atom. The van der Waals surface area contributed by atoms with Crippen molar-refractivity contribution in [3.63, 3.8) is 0 Å². The van der Waals surface area contributed by atoms with Gasteiger partial charge in [-0.15, -0.1) is 0 Å². The van der Waals surface area contributed by atoms with Gasteiger partial charge >= 0.3 is 11.9 Å². The molecule has 2 amide bonds. The van der Waals surface area contributed by atoms with Gasteiger partial charge in [-0.3, -0.25) is 19.7 Å². The Balaban J connectivity index is 0.00000102. The van der Waals surface area contributed by atoms with Crippen LogP contribution >= 0.6 is 0 Å². The number of hydrogen-bond donors (Lipinski definition) is 3. The molecule has 0 saturated heterocycles. The Kier molecular flexibility index (Phi) is 12.4. The summed E-state index contributed by atoms with van der Waals surface area (Å²) >= 11 is 0. The van der Waals surface area contributed by atoms with Crippen LogP contribution in [0.25, 0.3) is 0 Å². The maximum Gasteiger partial charge on any atom is 0.414 e. The number of amides is 2. The summed E-state index contributed by atoms with van der Waals surface area (Å²) < 4.78 is 0. The lowest BCUT2D eigenvalue weighted by Gasteiger charge is -2.26. The first-order valence-corrected chi connectivity index (χ1v) is 11.0. The van der Waals surface area contributed by atoms with Crippen molar-refractivity contribution in [1.29, 1.82) is 5.26 Å². The standard InChI is InChI=1S/C22H25N5O4.C2H2O4/c1-3-25(4-2)13-14-26(22(29)18-7-5-17(15-23)6-8-18)16-21(28)24-19-9-11-20(12-10-19)27(30)31;3-1(4)2(5)6/h5-12H,3-4,13-14,16H2,1-2H3,(H,24,28);(H,3,4)(H,5,6). The topological polar surface area (TPSA) is 194 Å². The molecule has 3 N–H and O–H groups in total. The molecule has 0 saturated carbocycles. The summed E-state index contributed by atoms with van der Waals surface area (Å²) in [5, 5.41) is 37.1. The van der Waals surface area contributed by atoms with Gasteiger partial charge in [0.05, 0.1) is 16.6 Å². The van der Waals surface area contributed by atoms with Gasteiger partial charge < -0.3 is 25.3 Å². The average molecular weight is 514 g/mol. The summed E-state index contributed by atoms with van der Waals surface area (Å²) in [5.74, 6) is -4.36. The van der Waals surface area contributed by atoms with Crippen molar-refractivity contribution in [3.8, 4) is 6.07 Å². The van der Waals surface area contributed by atoms with E-state index in [0.29, 0.717) is 29.9 Å². The maximum absolute atomic E-state index is 13.0. The average Bonchev–Trinajstić information content (AvgIpc) is 2.88. The van der Waals surface area contributed by atoms with Crippen LogP contribution in [0.15, 0.2) is 48.5 Å². The molecule has 0 atom stereocenters. The van der Waals surface area contributed by atoms with Crippen molar-refractivity contribution in [1.82, 2.24) is 9.80 Å². The van der Waals surface area contributed by atoms with Gasteiger partial charge in [0, 0.05) is 36.5 Å². The highest BCUT2D eigenvalue weighted by Crippen LogP contribution is 2.15. The molecule has 0 aliphatic heterocycles. The van der Waals surface area contributed by atoms with E-state index in [1.165, 1.54) is 29.2 Å². The van der Waals surface area contributed by atoms with E-state index >= 15 is 0 Å². The first-order chi connectivity index (χ1) is 17.5. The second-order valence-electron chi connectivity index (χ2n) is 7.41. The normalized spacial score (nSPS) is 9.89. The Labute approximate surface area is 212 Å². The number of non-ortho nitro benzene ring substituents is 1. The summed E-state index contributed by atoms with van der Waals surface area (Å²) in [6.07, 6.45) is 0. The number of aliphatic carboxylic acids is 2. The predicted molar refractivity (Wildman–Crippen MR) is 132 cm³/mol. The van der Waals surface area contributed by atoms with Gasteiger partial charge in [0.1, 0.15) is 6.54 Å². The Bertz CT molecular complexity index is 1130.